The van der Waals surface area contributed by atoms with E-state index >= 15 is 0 Å². The second-order valence-electron chi connectivity index (χ2n) is 21.2. The number of nitrogens with two attached hydrogens (primary N) is 4. The van der Waals surface area contributed by atoms with Gasteiger partial charge in [-0.2, -0.15) is 15.3 Å². The smallest absolute Gasteiger partial charge is 0.150 e. The fourth-order valence-corrected chi connectivity index (χ4v) is 14.4. The first-order chi connectivity index (χ1) is 38.4. The van der Waals surface area contributed by atoms with Crippen molar-refractivity contribution in [3.63, 3.8) is 0 Å². The molecule has 5 fully saturated rings. The van der Waals surface area contributed by atoms with E-state index < -0.39 is 0 Å². The predicted octanol–water partition coefficient (Wildman–Crippen LogP) is 9.69. The minimum atomic E-state index is 0.0115. The number of anilines is 5. The van der Waals surface area contributed by atoms with Gasteiger partial charge in [0.15, 0.2) is 12.5 Å². The number of thiophene rings is 3. The number of hydrogen-bond donors (Lipinski definition) is 7. The van der Waals surface area contributed by atoms with E-state index in [0.717, 1.165) is 158 Å². The molecule has 9 aromatic rings. The highest BCUT2D eigenvalue weighted by Gasteiger charge is 2.26. The second kappa shape index (κ2) is 24.8. The Morgan fingerprint density at radius 2 is 1.05 bits per heavy atom. The van der Waals surface area contributed by atoms with E-state index in [2.05, 4.69) is 100 Å². The minimum Gasteiger partial charge on any atom is -0.384 e. The lowest BCUT2D eigenvalue weighted by Gasteiger charge is -2.24. The number of likely N-dealkylation sites (tertiary alicyclic amines) is 3. The molecule has 11 N–H and O–H groups in total. The van der Waals surface area contributed by atoms with E-state index in [1.807, 2.05) is 45.9 Å². The Labute approximate surface area is 476 Å². The molecule has 418 valence electrons. The maximum absolute atomic E-state index is 6.27. The molecule has 5 atom stereocenters. The number of aromatic amines is 1. The van der Waals surface area contributed by atoms with Crippen LogP contribution in [0.1, 0.15) is 70.2 Å². The van der Waals surface area contributed by atoms with Gasteiger partial charge in [-0.3, -0.25) is 5.10 Å². The van der Waals surface area contributed by atoms with E-state index in [1.54, 1.807) is 52.5 Å². The van der Waals surface area contributed by atoms with Crippen LogP contribution in [-0.2, 0) is 9.47 Å². The second-order valence-corrected chi connectivity index (χ2v) is 24.8. The highest BCUT2D eigenvalue weighted by atomic mass is 35.5. The summed E-state index contributed by atoms with van der Waals surface area (Å²) in [6.07, 6.45) is 15.5. The number of halogens is 1. The molecule has 79 heavy (non-hydrogen) atoms. The molecule has 20 nitrogen and oxygen atoms in total. The molecule has 5 aliphatic heterocycles. The van der Waals surface area contributed by atoms with E-state index in [4.69, 9.17) is 44.0 Å². The average molecular weight is 1150 g/mol. The van der Waals surface area contributed by atoms with Gasteiger partial charge in [0.2, 0.25) is 0 Å². The van der Waals surface area contributed by atoms with Crippen LogP contribution in [0, 0.1) is 0 Å². The zero-order chi connectivity index (χ0) is 54.6. The van der Waals surface area contributed by atoms with E-state index in [-0.39, 0.29) is 12.5 Å². The van der Waals surface area contributed by atoms with Crippen LogP contribution < -0.4 is 33.6 Å². The zero-order valence-corrected chi connectivity index (χ0v) is 48.2. The number of nitrogens with zero attached hydrogens (tertiary/aromatic N) is 11. The van der Waals surface area contributed by atoms with Crippen molar-refractivity contribution >= 4 is 105 Å². The molecule has 0 aromatic carbocycles. The third-order valence-electron chi connectivity index (χ3n) is 14.8. The van der Waals surface area contributed by atoms with Crippen LogP contribution in [0.4, 0.5) is 28.8 Å². The Kier molecular flexibility index (Phi) is 17.2. The molecular formula is C55H71ClN18O2S3. The van der Waals surface area contributed by atoms with Gasteiger partial charge in [-0.15, -0.1) is 34.0 Å². The summed E-state index contributed by atoms with van der Waals surface area (Å²) in [5.41, 5.74) is 31.4. The third-order valence-corrected chi connectivity index (χ3v) is 18.8. The van der Waals surface area contributed by atoms with Crippen LogP contribution in [0.3, 0.4) is 0 Å². The lowest BCUT2D eigenvalue weighted by Crippen LogP contribution is -2.23. The van der Waals surface area contributed by atoms with Gasteiger partial charge in [-0.1, -0.05) is 11.6 Å². The standard InChI is InChI=1S/C20H26N6OS.C15H15ClN4OS.C15H18N6S.C5H12N2/c1-25-8-6-13(12-25)23-15-11-18(21)24-14-10-17(28-20(14)15)16-5-7-22-26(16)19-4-2-3-9-27-19;16-9-7-13(17)19-10-8-12(22-15(9)10)11-4-5-18-20(11)14-3-1-2-6-21-14;1-21-5-3-9(8-21)18-12-7-14(16)19-11-6-13(22-15(11)12)10-2-4-17-20-10;1-7-3-2-5(6)4-7/h5,7,10-11,13,19H,2-4,6,8-9,12H2,1H3,(H3,21,23,24);4-5,7-8,14H,1-3,6H2,(H2,17,19);2,4,6-7,9H,3,5,8H2,1H3,(H,17,20)(H3,16,18,19);5H,2-4,6H2,1H3/t13-,19?;;9-;5-/m0.00/s1. The fraction of sp³-hybridized carbons (Fsp3) is 0.455. The van der Waals surface area contributed by atoms with Crippen LogP contribution in [0.2, 0.25) is 5.02 Å². The zero-order valence-electron chi connectivity index (χ0n) is 45.0. The van der Waals surface area contributed by atoms with Gasteiger partial charge < -0.3 is 57.7 Å². The number of H-pyrrole nitrogens is 1. The van der Waals surface area contributed by atoms with Crippen molar-refractivity contribution in [2.75, 3.05) is 101 Å². The highest BCUT2D eigenvalue weighted by Crippen LogP contribution is 2.42. The Morgan fingerprint density at radius 3 is 1.49 bits per heavy atom. The topological polar surface area (TPSA) is 259 Å². The third kappa shape index (κ3) is 13.1. The quantitative estimate of drug-likeness (QED) is 0.0709. The molecule has 0 spiro atoms. The predicted molar refractivity (Wildman–Crippen MR) is 324 cm³/mol. The number of rotatable bonds is 9. The van der Waals surface area contributed by atoms with Crippen molar-refractivity contribution in [1.29, 1.82) is 0 Å². The molecule has 9 aromatic heterocycles. The molecule has 0 radical (unpaired) electrons. The summed E-state index contributed by atoms with van der Waals surface area (Å²) in [5, 5.41) is 24.0. The van der Waals surface area contributed by atoms with Gasteiger partial charge in [0.25, 0.3) is 0 Å². The van der Waals surface area contributed by atoms with Gasteiger partial charge in [-0.25, -0.2) is 24.3 Å². The first-order valence-corrected chi connectivity index (χ1v) is 30.1. The number of hydrogen-bond acceptors (Lipinski definition) is 20. The summed E-state index contributed by atoms with van der Waals surface area (Å²) < 4.78 is 19.0. The van der Waals surface area contributed by atoms with Crippen LogP contribution in [0.5, 0.6) is 0 Å². The molecule has 5 aliphatic rings. The summed E-state index contributed by atoms with van der Waals surface area (Å²) in [4.78, 5) is 23.7. The Balaban J connectivity index is 0.000000119. The summed E-state index contributed by atoms with van der Waals surface area (Å²) in [5.74, 6) is 1.54. The monoisotopic (exact) mass is 1150 g/mol. The summed E-state index contributed by atoms with van der Waals surface area (Å²) in [6.45, 7) is 8.22. The molecule has 0 bridgehead atoms. The van der Waals surface area contributed by atoms with E-state index in [9.17, 15) is 0 Å². The Bertz CT molecular complexity index is 3450. The van der Waals surface area contributed by atoms with Crippen molar-refractivity contribution in [2.24, 2.45) is 5.73 Å². The minimum absolute atomic E-state index is 0.0115. The molecule has 0 saturated carbocycles. The van der Waals surface area contributed by atoms with Gasteiger partial charge in [0, 0.05) is 87.8 Å². The number of nitrogens with one attached hydrogen (secondary N) is 3. The lowest BCUT2D eigenvalue weighted by atomic mass is 10.2. The molecule has 0 aliphatic carbocycles. The molecule has 24 heteroatoms. The summed E-state index contributed by atoms with van der Waals surface area (Å²) in [6, 6.07) is 19.2. The lowest BCUT2D eigenvalue weighted by molar-refractivity contribution is -0.0384. The van der Waals surface area contributed by atoms with Crippen molar-refractivity contribution in [3.05, 3.63) is 78.2 Å². The first-order valence-electron chi connectivity index (χ1n) is 27.3. The van der Waals surface area contributed by atoms with Gasteiger partial charge in [0.1, 0.15) is 17.5 Å². The molecule has 2 unspecified atom stereocenters. The van der Waals surface area contributed by atoms with Crippen LogP contribution in [0.15, 0.2) is 73.2 Å². The Hall–Kier alpha value is -5.99. The van der Waals surface area contributed by atoms with Crippen molar-refractivity contribution in [1.82, 2.24) is 59.4 Å². The van der Waals surface area contributed by atoms with E-state index in [0.29, 0.717) is 40.6 Å². The number of fused-ring (bicyclic) bond motifs is 3. The average Bonchev–Trinajstić information content (AvgIpc) is 4.40. The molecule has 14 heterocycles. The summed E-state index contributed by atoms with van der Waals surface area (Å²) in [7, 11) is 6.42. The maximum atomic E-state index is 6.27. The van der Waals surface area contributed by atoms with Gasteiger partial charge in [0.05, 0.1) is 78.8 Å². The highest BCUT2D eigenvalue weighted by molar-refractivity contribution is 7.23. The number of likely N-dealkylation sites (N-methyl/N-ethyl adjacent to an activating group) is 3. The largest absolute Gasteiger partial charge is 0.384 e. The van der Waals surface area contributed by atoms with Gasteiger partial charge in [-0.05, 0) is 135 Å². The van der Waals surface area contributed by atoms with Crippen molar-refractivity contribution in [2.45, 2.75) is 88.4 Å². The Morgan fingerprint density at radius 1 is 0.570 bits per heavy atom. The number of ether oxygens (including phenoxy) is 2. The molecular weight excluding hydrogens is 1080 g/mol. The van der Waals surface area contributed by atoms with Gasteiger partial charge >= 0.3 is 0 Å². The van der Waals surface area contributed by atoms with Crippen LogP contribution >= 0.6 is 45.6 Å². The normalized spacial score (nSPS) is 21.9. The van der Waals surface area contributed by atoms with Crippen molar-refractivity contribution in [3.8, 4) is 31.7 Å². The maximum Gasteiger partial charge on any atom is 0.150 e. The first kappa shape index (κ1) is 54.9. The number of nitrogen functional groups attached to an aromatic ring is 3. The summed E-state index contributed by atoms with van der Waals surface area (Å²) >= 11 is 11.3. The SMILES string of the molecule is CN1CC[C@H](N)C1.CN1CC[C@H](Nc2cc(N)nc3cc(-c4ccn[nH]4)sc23)C1.CN1CC[C@H](Nc2cc(N)nc3cc(-c4ccnn4C4CCCCO4)sc23)C1.Nc1cc(Cl)c2sc(-c3ccnn3C3CCCCO3)cc2n1. The number of aromatic nitrogens is 9. The number of pyridine rings is 3. The van der Waals surface area contributed by atoms with Crippen LogP contribution in [-0.4, -0.2) is 151 Å². The molecule has 0 amide bonds. The molecule has 5 saturated heterocycles. The van der Waals surface area contributed by atoms with Crippen molar-refractivity contribution < 1.29 is 9.47 Å². The molecule has 14 rings (SSSR count). The van der Waals surface area contributed by atoms with E-state index in [1.165, 1.54) is 25.8 Å². The fourth-order valence-electron chi connectivity index (χ4n) is 10.9. The van der Waals surface area contributed by atoms with Crippen LogP contribution in [0.25, 0.3) is 62.4 Å².